The smallest absolute Gasteiger partial charge is 0.0963 e. The van der Waals surface area contributed by atoms with E-state index >= 15 is 0 Å². The van der Waals surface area contributed by atoms with Gasteiger partial charge in [0.15, 0.2) is 0 Å². The first kappa shape index (κ1) is 10.2. The highest BCUT2D eigenvalue weighted by molar-refractivity contribution is 7.98. The zero-order chi connectivity index (χ0) is 8.53. The van der Waals surface area contributed by atoms with E-state index < -0.39 is 0 Å². The Balaban J connectivity index is 3.63. The van der Waals surface area contributed by atoms with Crippen LogP contribution in [0.15, 0.2) is 16.8 Å². The summed E-state index contributed by atoms with van der Waals surface area (Å²) in [6, 6.07) is 2.08. The molecule has 0 fully saturated rings. The lowest BCUT2D eigenvalue weighted by Crippen LogP contribution is -1.82. The van der Waals surface area contributed by atoms with Crippen molar-refractivity contribution in [3.8, 4) is 6.07 Å². The van der Waals surface area contributed by atoms with Crippen LogP contribution in [0.5, 0.6) is 0 Å². The number of aliphatic imine (C=N–C) groups is 1. The van der Waals surface area contributed by atoms with Crippen LogP contribution in [0.4, 0.5) is 0 Å². The quantitative estimate of drug-likeness (QED) is 0.358. The maximum atomic E-state index is 8.54. The Bertz CT molecular complexity index is 179. The second-order valence-corrected chi connectivity index (χ2v) is 3.03. The Morgan fingerprint density at radius 2 is 2.55 bits per heavy atom. The molecule has 0 atom stereocenters. The Kier molecular flexibility index (Phi) is 6.86. The number of hydrogen-bond donors (Lipinski definition) is 0. The minimum Gasteiger partial charge on any atom is -0.271 e. The summed E-state index contributed by atoms with van der Waals surface area (Å²) in [5, 5.41) is 8.54. The molecule has 0 aromatic carbocycles. The molecule has 2 nitrogen and oxygen atoms in total. The van der Waals surface area contributed by atoms with Crippen LogP contribution < -0.4 is 0 Å². The normalized spacial score (nSPS) is 10.7. The third kappa shape index (κ3) is 5.68. The highest BCUT2D eigenvalue weighted by atomic mass is 32.2. The minimum absolute atomic E-state index is 0.717. The van der Waals surface area contributed by atoms with E-state index in [9.17, 15) is 0 Å². The third-order valence-corrected chi connectivity index (χ3v) is 1.88. The van der Waals surface area contributed by atoms with Gasteiger partial charge in [-0.25, -0.2) is 0 Å². The molecule has 0 rings (SSSR count). The molecule has 0 aromatic heterocycles. The molecule has 0 spiro atoms. The van der Waals surface area contributed by atoms with Crippen molar-refractivity contribution in [2.24, 2.45) is 4.99 Å². The van der Waals surface area contributed by atoms with Crippen molar-refractivity contribution in [2.75, 3.05) is 12.0 Å². The van der Waals surface area contributed by atoms with E-state index in [-0.39, 0.29) is 0 Å². The van der Waals surface area contributed by atoms with Crippen LogP contribution in [0, 0.1) is 11.3 Å². The summed E-state index contributed by atoms with van der Waals surface area (Å²) in [7, 11) is 0. The second kappa shape index (κ2) is 7.36. The van der Waals surface area contributed by atoms with Gasteiger partial charge in [0.25, 0.3) is 0 Å². The standard InChI is InChI=1S/C8H12N2S/c1-10-7-8(6-9)4-3-5-11-2/h7H,1,3-5H2,2H3/b8-7-. The maximum Gasteiger partial charge on any atom is 0.0963 e. The zero-order valence-electron chi connectivity index (χ0n) is 6.71. The molecule has 0 unspecified atom stereocenters. The van der Waals surface area contributed by atoms with Crippen LogP contribution in [-0.4, -0.2) is 18.7 Å². The molecule has 0 saturated heterocycles. The van der Waals surface area contributed by atoms with Gasteiger partial charge in [0.2, 0.25) is 0 Å². The zero-order valence-corrected chi connectivity index (χ0v) is 7.52. The Hall–Kier alpha value is -0.750. The van der Waals surface area contributed by atoms with Gasteiger partial charge in [-0.2, -0.15) is 17.0 Å². The average molecular weight is 168 g/mol. The SMILES string of the molecule is C=N/C=C(\C#N)CCCSC. The van der Waals surface area contributed by atoms with Gasteiger partial charge in [-0.1, -0.05) is 0 Å². The molecule has 0 aromatic rings. The van der Waals surface area contributed by atoms with Crippen LogP contribution >= 0.6 is 11.8 Å². The van der Waals surface area contributed by atoms with Crippen molar-refractivity contribution >= 4 is 18.5 Å². The average Bonchev–Trinajstić information content (AvgIpc) is 2.03. The van der Waals surface area contributed by atoms with Gasteiger partial charge in [0.1, 0.15) is 0 Å². The van der Waals surface area contributed by atoms with Gasteiger partial charge >= 0.3 is 0 Å². The highest BCUT2D eigenvalue weighted by Gasteiger charge is 1.93. The highest BCUT2D eigenvalue weighted by Crippen LogP contribution is 2.06. The van der Waals surface area contributed by atoms with Gasteiger partial charge in [0, 0.05) is 11.8 Å². The lowest BCUT2D eigenvalue weighted by molar-refractivity contribution is 0.938. The molecule has 0 aliphatic heterocycles. The summed E-state index contributed by atoms with van der Waals surface area (Å²) in [4.78, 5) is 3.54. The molecule has 0 saturated carbocycles. The van der Waals surface area contributed by atoms with E-state index in [1.54, 1.807) is 11.8 Å². The van der Waals surface area contributed by atoms with E-state index in [0.717, 1.165) is 18.6 Å². The van der Waals surface area contributed by atoms with E-state index in [4.69, 9.17) is 5.26 Å². The van der Waals surface area contributed by atoms with Crippen LogP contribution in [-0.2, 0) is 0 Å². The van der Waals surface area contributed by atoms with Gasteiger partial charge in [0.05, 0.1) is 6.07 Å². The first-order chi connectivity index (χ1) is 5.35. The van der Waals surface area contributed by atoms with Crippen LogP contribution in [0.3, 0.4) is 0 Å². The van der Waals surface area contributed by atoms with Gasteiger partial charge in [-0.3, -0.25) is 4.99 Å². The first-order valence-corrected chi connectivity index (χ1v) is 4.78. The molecule has 0 heterocycles. The number of allylic oxidation sites excluding steroid dienone is 1. The fourth-order valence-corrected chi connectivity index (χ4v) is 1.10. The molecule has 0 N–H and O–H groups in total. The molecule has 0 radical (unpaired) electrons. The van der Waals surface area contributed by atoms with Crippen LogP contribution in [0.25, 0.3) is 0 Å². The van der Waals surface area contributed by atoms with Crippen molar-refractivity contribution in [1.29, 1.82) is 5.26 Å². The molecule has 3 heteroatoms. The summed E-state index contributed by atoms with van der Waals surface area (Å²) in [5.41, 5.74) is 0.717. The monoisotopic (exact) mass is 168 g/mol. The fraction of sp³-hybridized carbons (Fsp3) is 0.500. The summed E-state index contributed by atoms with van der Waals surface area (Å²) in [6.07, 6.45) is 5.44. The topological polar surface area (TPSA) is 36.1 Å². The van der Waals surface area contributed by atoms with Gasteiger partial charge in [-0.15, -0.1) is 0 Å². The molecule has 60 valence electrons. The molecule has 0 aliphatic carbocycles. The third-order valence-electron chi connectivity index (χ3n) is 1.19. The second-order valence-electron chi connectivity index (χ2n) is 2.05. The molecular formula is C8H12N2S. The van der Waals surface area contributed by atoms with Crippen molar-refractivity contribution in [2.45, 2.75) is 12.8 Å². The lowest BCUT2D eigenvalue weighted by Gasteiger charge is -1.94. The van der Waals surface area contributed by atoms with Gasteiger partial charge in [-0.05, 0) is 31.6 Å². The Morgan fingerprint density at radius 3 is 3.00 bits per heavy atom. The van der Waals surface area contributed by atoms with Crippen molar-refractivity contribution < 1.29 is 0 Å². The fourth-order valence-electron chi connectivity index (χ4n) is 0.666. The van der Waals surface area contributed by atoms with Crippen LogP contribution in [0.2, 0.25) is 0 Å². The number of thioether (sulfide) groups is 1. The summed E-state index contributed by atoms with van der Waals surface area (Å²) < 4.78 is 0. The van der Waals surface area contributed by atoms with Crippen LogP contribution in [0.1, 0.15) is 12.8 Å². The Morgan fingerprint density at radius 1 is 1.82 bits per heavy atom. The number of hydrogen-bond acceptors (Lipinski definition) is 3. The van der Waals surface area contributed by atoms with Crippen molar-refractivity contribution in [3.63, 3.8) is 0 Å². The number of rotatable bonds is 5. The molecule has 11 heavy (non-hydrogen) atoms. The predicted octanol–water partition coefficient (Wildman–Crippen LogP) is 2.24. The van der Waals surface area contributed by atoms with E-state index in [1.165, 1.54) is 6.20 Å². The molecule has 0 aliphatic rings. The summed E-state index contributed by atoms with van der Waals surface area (Å²) in [6.45, 7) is 3.29. The van der Waals surface area contributed by atoms with Crippen molar-refractivity contribution in [1.82, 2.24) is 0 Å². The van der Waals surface area contributed by atoms with E-state index in [0.29, 0.717) is 5.57 Å². The number of nitrogens with zero attached hydrogens (tertiary/aromatic N) is 2. The number of nitriles is 1. The predicted molar refractivity (Wildman–Crippen MR) is 50.9 cm³/mol. The van der Waals surface area contributed by atoms with Crippen molar-refractivity contribution in [3.05, 3.63) is 11.8 Å². The Labute approximate surface area is 72.0 Å². The molecule has 0 amide bonds. The molecule has 0 bridgehead atoms. The molecular weight excluding hydrogens is 156 g/mol. The lowest BCUT2D eigenvalue weighted by atomic mass is 10.2. The summed E-state index contributed by atoms with van der Waals surface area (Å²) in [5.74, 6) is 1.09. The largest absolute Gasteiger partial charge is 0.271 e. The van der Waals surface area contributed by atoms with E-state index in [1.807, 2.05) is 0 Å². The minimum atomic E-state index is 0.717. The first-order valence-electron chi connectivity index (χ1n) is 3.39. The van der Waals surface area contributed by atoms with E-state index in [2.05, 4.69) is 24.0 Å². The summed E-state index contributed by atoms with van der Waals surface area (Å²) >= 11 is 1.79. The maximum absolute atomic E-state index is 8.54. The van der Waals surface area contributed by atoms with Gasteiger partial charge < -0.3 is 0 Å².